The minimum atomic E-state index is -0.573. The van der Waals surface area contributed by atoms with Crippen molar-refractivity contribution >= 4 is 24.3 Å². The Balaban J connectivity index is 0.00000225. The van der Waals surface area contributed by atoms with Gasteiger partial charge in [0.2, 0.25) is 5.91 Å². The lowest BCUT2D eigenvalue weighted by Crippen LogP contribution is -2.42. The van der Waals surface area contributed by atoms with Gasteiger partial charge in [-0.15, -0.1) is 12.4 Å². The number of nitrogens with zero attached hydrogens (tertiary/aromatic N) is 1. The Bertz CT molecular complexity index is 250. The molecule has 2 N–H and O–H groups in total. The average molecular weight is 251 g/mol. The topological polar surface area (TPSA) is 72.6 Å². The third-order valence-electron chi connectivity index (χ3n) is 2.54. The molecule has 94 valence electrons. The molecule has 1 heterocycles. The summed E-state index contributed by atoms with van der Waals surface area (Å²) in [6.45, 7) is 4.47. The largest absolute Gasteiger partial charge is 0.461 e. The van der Waals surface area contributed by atoms with Crippen LogP contribution < -0.4 is 5.73 Å². The van der Waals surface area contributed by atoms with Crippen molar-refractivity contribution in [2.75, 3.05) is 13.1 Å². The van der Waals surface area contributed by atoms with Gasteiger partial charge in [-0.05, 0) is 6.92 Å². The fourth-order valence-electron chi connectivity index (χ4n) is 1.56. The van der Waals surface area contributed by atoms with E-state index in [4.69, 9.17) is 10.5 Å². The molecule has 6 heteroatoms. The highest BCUT2D eigenvalue weighted by Gasteiger charge is 2.24. The minimum absolute atomic E-state index is 0. The number of hydrogen-bond donors (Lipinski definition) is 1. The van der Waals surface area contributed by atoms with Gasteiger partial charge in [0.1, 0.15) is 12.1 Å². The van der Waals surface area contributed by atoms with Gasteiger partial charge in [0.25, 0.3) is 0 Å². The first-order valence-electron chi connectivity index (χ1n) is 5.22. The van der Waals surface area contributed by atoms with E-state index in [9.17, 15) is 9.59 Å². The van der Waals surface area contributed by atoms with E-state index in [1.807, 2.05) is 0 Å². The molecule has 16 heavy (non-hydrogen) atoms. The molecule has 1 aliphatic rings. The lowest BCUT2D eigenvalue weighted by Gasteiger charge is -2.31. The Morgan fingerprint density at radius 1 is 1.38 bits per heavy atom. The summed E-state index contributed by atoms with van der Waals surface area (Å²) >= 11 is 0. The van der Waals surface area contributed by atoms with Gasteiger partial charge in [0.05, 0.1) is 0 Å². The number of piperidine rings is 1. The molecule has 1 amide bonds. The second kappa shape index (κ2) is 6.70. The number of rotatable bonds is 2. The maximum absolute atomic E-state index is 11.2. The quantitative estimate of drug-likeness (QED) is 0.716. The van der Waals surface area contributed by atoms with Gasteiger partial charge in [0.15, 0.2) is 0 Å². The first-order valence-corrected chi connectivity index (χ1v) is 5.22. The van der Waals surface area contributed by atoms with Gasteiger partial charge in [-0.2, -0.15) is 0 Å². The van der Waals surface area contributed by atoms with Gasteiger partial charge in [-0.1, -0.05) is 0 Å². The number of esters is 1. The average Bonchev–Trinajstić information content (AvgIpc) is 2.18. The van der Waals surface area contributed by atoms with Crippen LogP contribution in [0.1, 0.15) is 26.7 Å². The van der Waals surface area contributed by atoms with E-state index in [1.54, 1.807) is 18.7 Å². The molecule has 1 saturated heterocycles. The molecule has 1 atom stereocenters. The Morgan fingerprint density at radius 2 is 1.88 bits per heavy atom. The van der Waals surface area contributed by atoms with Gasteiger partial charge in [-0.3, -0.25) is 9.59 Å². The zero-order chi connectivity index (χ0) is 11.4. The lowest BCUT2D eigenvalue weighted by molar-refractivity contribution is -0.153. The molecule has 0 spiro atoms. The van der Waals surface area contributed by atoms with Crippen LogP contribution in [-0.2, 0) is 14.3 Å². The number of amides is 1. The predicted octanol–water partition coefficient (Wildman–Crippen LogP) is 0.309. The number of carbonyl (C=O) groups is 2. The summed E-state index contributed by atoms with van der Waals surface area (Å²) in [5, 5.41) is 0. The Kier molecular flexibility index (Phi) is 6.36. The normalized spacial score (nSPS) is 18.6. The van der Waals surface area contributed by atoms with Gasteiger partial charge < -0.3 is 15.4 Å². The van der Waals surface area contributed by atoms with Crippen molar-refractivity contribution in [3.63, 3.8) is 0 Å². The van der Waals surface area contributed by atoms with Gasteiger partial charge in [-0.25, -0.2) is 0 Å². The molecule has 0 bridgehead atoms. The third kappa shape index (κ3) is 4.37. The first kappa shape index (κ1) is 15.2. The Morgan fingerprint density at radius 3 is 2.25 bits per heavy atom. The second-order valence-electron chi connectivity index (χ2n) is 3.93. The van der Waals surface area contributed by atoms with Crippen molar-refractivity contribution in [2.24, 2.45) is 5.73 Å². The smallest absolute Gasteiger partial charge is 0.322 e. The van der Waals surface area contributed by atoms with Crippen molar-refractivity contribution in [2.45, 2.75) is 38.8 Å². The lowest BCUT2D eigenvalue weighted by atomic mass is 10.1. The molecule has 1 fully saturated rings. The highest BCUT2D eigenvalue weighted by Crippen LogP contribution is 2.14. The fraction of sp³-hybridized carbons (Fsp3) is 0.800. The summed E-state index contributed by atoms with van der Waals surface area (Å²) in [6.07, 6.45) is 1.33. The SMILES string of the molecule is CC(=O)N1CCC(OC(=O)C(C)N)CC1.Cl. The maximum atomic E-state index is 11.2. The number of halogens is 1. The molecule has 1 aliphatic heterocycles. The van der Waals surface area contributed by atoms with E-state index < -0.39 is 6.04 Å². The highest BCUT2D eigenvalue weighted by atomic mass is 35.5. The molecule has 1 unspecified atom stereocenters. The molecule has 0 radical (unpaired) electrons. The van der Waals surface area contributed by atoms with Crippen LogP contribution in [0.5, 0.6) is 0 Å². The van der Waals surface area contributed by atoms with E-state index in [2.05, 4.69) is 0 Å². The van der Waals surface area contributed by atoms with Crippen LogP contribution in [-0.4, -0.2) is 42.0 Å². The number of hydrogen-bond acceptors (Lipinski definition) is 4. The summed E-state index contributed by atoms with van der Waals surface area (Å²) in [5.41, 5.74) is 5.39. The van der Waals surface area contributed by atoms with Crippen molar-refractivity contribution in [3.05, 3.63) is 0 Å². The van der Waals surface area contributed by atoms with E-state index >= 15 is 0 Å². The summed E-state index contributed by atoms with van der Waals surface area (Å²) in [4.78, 5) is 24.0. The molecular weight excluding hydrogens is 232 g/mol. The Labute approximate surface area is 102 Å². The van der Waals surface area contributed by atoms with Gasteiger partial charge >= 0.3 is 5.97 Å². The van der Waals surface area contributed by atoms with E-state index in [0.29, 0.717) is 25.9 Å². The van der Waals surface area contributed by atoms with Crippen LogP contribution in [0, 0.1) is 0 Å². The van der Waals surface area contributed by atoms with Crippen LogP contribution in [0.2, 0.25) is 0 Å². The molecule has 0 saturated carbocycles. The predicted molar refractivity (Wildman–Crippen MR) is 62.3 cm³/mol. The molecule has 0 aromatic rings. The molecule has 0 aliphatic carbocycles. The number of carbonyl (C=O) groups excluding carboxylic acids is 2. The summed E-state index contributed by atoms with van der Waals surface area (Å²) < 4.78 is 5.18. The molecule has 0 aromatic carbocycles. The van der Waals surface area contributed by atoms with Crippen LogP contribution in [0.3, 0.4) is 0 Å². The number of nitrogens with two attached hydrogens (primary N) is 1. The molecule has 0 aromatic heterocycles. The molecule has 5 nitrogen and oxygen atoms in total. The number of likely N-dealkylation sites (tertiary alicyclic amines) is 1. The third-order valence-corrected chi connectivity index (χ3v) is 2.54. The van der Waals surface area contributed by atoms with Gasteiger partial charge in [0, 0.05) is 32.9 Å². The van der Waals surface area contributed by atoms with Crippen LogP contribution in [0.4, 0.5) is 0 Å². The van der Waals surface area contributed by atoms with Crippen molar-refractivity contribution in [3.8, 4) is 0 Å². The van der Waals surface area contributed by atoms with E-state index in [-0.39, 0.29) is 30.4 Å². The zero-order valence-electron chi connectivity index (χ0n) is 9.64. The highest BCUT2D eigenvalue weighted by molar-refractivity contribution is 5.85. The summed E-state index contributed by atoms with van der Waals surface area (Å²) in [6, 6.07) is -0.573. The first-order chi connectivity index (χ1) is 7.00. The van der Waals surface area contributed by atoms with Crippen LogP contribution in [0.25, 0.3) is 0 Å². The fourth-order valence-corrected chi connectivity index (χ4v) is 1.56. The monoisotopic (exact) mass is 250 g/mol. The second-order valence-corrected chi connectivity index (χ2v) is 3.93. The van der Waals surface area contributed by atoms with Crippen molar-refractivity contribution in [1.82, 2.24) is 4.90 Å². The standard InChI is InChI=1S/C10H18N2O3.ClH/c1-7(11)10(14)15-9-3-5-12(6-4-9)8(2)13;/h7,9H,3-6,11H2,1-2H3;1H. The molecular formula is C10H19ClN2O3. The number of ether oxygens (including phenoxy) is 1. The zero-order valence-corrected chi connectivity index (χ0v) is 10.5. The van der Waals surface area contributed by atoms with Crippen LogP contribution >= 0.6 is 12.4 Å². The summed E-state index contributed by atoms with van der Waals surface area (Å²) in [7, 11) is 0. The van der Waals surface area contributed by atoms with Crippen molar-refractivity contribution in [1.29, 1.82) is 0 Å². The summed E-state index contributed by atoms with van der Waals surface area (Å²) in [5.74, 6) is -0.289. The minimum Gasteiger partial charge on any atom is -0.461 e. The van der Waals surface area contributed by atoms with Crippen molar-refractivity contribution < 1.29 is 14.3 Å². The van der Waals surface area contributed by atoms with Crippen LogP contribution in [0.15, 0.2) is 0 Å². The molecule has 1 rings (SSSR count). The van der Waals surface area contributed by atoms with E-state index in [1.165, 1.54) is 0 Å². The maximum Gasteiger partial charge on any atom is 0.322 e. The van der Waals surface area contributed by atoms with E-state index in [0.717, 1.165) is 0 Å². The Hall–Kier alpha value is -0.810.